The van der Waals surface area contributed by atoms with E-state index in [4.69, 9.17) is 11.0 Å². The number of aromatic nitrogens is 1. The van der Waals surface area contributed by atoms with Gasteiger partial charge in [-0.15, -0.1) is 0 Å². The van der Waals surface area contributed by atoms with Gasteiger partial charge in [-0.05, 0) is 36.8 Å². The van der Waals surface area contributed by atoms with Crippen LogP contribution in [0.1, 0.15) is 17.7 Å². The van der Waals surface area contributed by atoms with Crippen molar-refractivity contribution in [3.8, 4) is 11.8 Å². The minimum absolute atomic E-state index is 0.00698. The summed E-state index contributed by atoms with van der Waals surface area (Å²) >= 11 is 0. The van der Waals surface area contributed by atoms with Gasteiger partial charge in [-0.2, -0.15) is 5.26 Å². The van der Waals surface area contributed by atoms with Crippen LogP contribution in [0, 0.1) is 11.3 Å². The first-order chi connectivity index (χ1) is 11.6. The molecule has 1 aliphatic rings. The van der Waals surface area contributed by atoms with E-state index in [-0.39, 0.29) is 18.0 Å². The summed E-state index contributed by atoms with van der Waals surface area (Å²) in [5.41, 5.74) is 8.69. The van der Waals surface area contributed by atoms with Gasteiger partial charge in [0.25, 0.3) is 0 Å². The standard InChI is InChI=1S/C18H21N5O/c1-21-18(24)17-9-14(20)11-22(17)12-16-6-3-7-23(16)15-5-2-4-13(8-15)10-19/h2-8,14,17H,9,11-12,20H2,1H3,(H,21,24)/t14-,17+/m1/s1. The summed E-state index contributed by atoms with van der Waals surface area (Å²) in [5, 5.41) is 11.8. The third kappa shape index (κ3) is 3.18. The second kappa shape index (κ2) is 6.87. The number of nitriles is 1. The van der Waals surface area contributed by atoms with Crippen molar-refractivity contribution in [2.24, 2.45) is 5.73 Å². The third-order valence-electron chi connectivity index (χ3n) is 4.44. The minimum atomic E-state index is -0.196. The van der Waals surface area contributed by atoms with Crippen LogP contribution in [0.15, 0.2) is 42.6 Å². The molecule has 6 nitrogen and oxygen atoms in total. The summed E-state index contributed by atoms with van der Waals surface area (Å²) in [6, 6.07) is 13.5. The topological polar surface area (TPSA) is 87.1 Å². The first-order valence-corrected chi connectivity index (χ1v) is 8.00. The number of nitrogens with two attached hydrogens (primary N) is 1. The molecular weight excluding hydrogens is 302 g/mol. The van der Waals surface area contributed by atoms with E-state index >= 15 is 0 Å². The van der Waals surface area contributed by atoms with Gasteiger partial charge in [-0.3, -0.25) is 9.69 Å². The maximum atomic E-state index is 12.1. The molecule has 2 aromatic rings. The number of nitrogens with one attached hydrogen (secondary N) is 1. The molecule has 1 amide bonds. The van der Waals surface area contributed by atoms with Gasteiger partial charge in [0.1, 0.15) is 0 Å². The zero-order valence-corrected chi connectivity index (χ0v) is 13.6. The number of nitrogens with zero attached hydrogens (tertiary/aromatic N) is 3. The molecule has 0 bridgehead atoms. The highest BCUT2D eigenvalue weighted by molar-refractivity contribution is 5.81. The number of rotatable bonds is 4. The fourth-order valence-corrected chi connectivity index (χ4v) is 3.28. The van der Waals surface area contributed by atoms with E-state index in [0.717, 1.165) is 11.4 Å². The van der Waals surface area contributed by atoms with E-state index in [2.05, 4.69) is 16.3 Å². The molecule has 3 N–H and O–H groups in total. The molecule has 0 saturated carbocycles. The van der Waals surface area contributed by atoms with Crippen molar-refractivity contribution in [3.63, 3.8) is 0 Å². The van der Waals surface area contributed by atoms with Crippen LogP contribution in [0.2, 0.25) is 0 Å². The van der Waals surface area contributed by atoms with Crippen LogP contribution in [0.3, 0.4) is 0 Å². The Hall–Kier alpha value is -2.62. The first kappa shape index (κ1) is 16.2. The van der Waals surface area contributed by atoms with Crippen LogP contribution in [0.5, 0.6) is 0 Å². The van der Waals surface area contributed by atoms with Crippen molar-refractivity contribution in [3.05, 3.63) is 53.9 Å². The van der Waals surface area contributed by atoms with Crippen molar-refractivity contribution in [1.29, 1.82) is 5.26 Å². The quantitative estimate of drug-likeness (QED) is 0.878. The van der Waals surface area contributed by atoms with E-state index < -0.39 is 0 Å². The highest BCUT2D eigenvalue weighted by Gasteiger charge is 2.34. The lowest BCUT2D eigenvalue weighted by atomic mass is 10.1. The van der Waals surface area contributed by atoms with Crippen molar-refractivity contribution < 1.29 is 4.79 Å². The van der Waals surface area contributed by atoms with Crippen molar-refractivity contribution in [1.82, 2.24) is 14.8 Å². The molecule has 0 unspecified atom stereocenters. The van der Waals surface area contributed by atoms with Gasteiger partial charge in [-0.25, -0.2) is 0 Å². The number of hydrogen-bond donors (Lipinski definition) is 2. The maximum Gasteiger partial charge on any atom is 0.237 e. The number of likely N-dealkylation sites (tertiary alicyclic amines) is 1. The van der Waals surface area contributed by atoms with Crippen LogP contribution in [0.25, 0.3) is 5.69 Å². The number of carbonyl (C=O) groups is 1. The molecule has 1 saturated heterocycles. The zero-order valence-electron chi connectivity index (χ0n) is 13.6. The molecule has 2 atom stereocenters. The molecule has 2 heterocycles. The molecule has 0 aliphatic carbocycles. The fraction of sp³-hybridized carbons (Fsp3) is 0.333. The summed E-state index contributed by atoms with van der Waals surface area (Å²) < 4.78 is 2.05. The van der Waals surface area contributed by atoms with E-state index in [9.17, 15) is 4.79 Å². The van der Waals surface area contributed by atoms with Crippen molar-refractivity contribution in [2.75, 3.05) is 13.6 Å². The van der Waals surface area contributed by atoms with Crippen LogP contribution in [-0.2, 0) is 11.3 Å². The summed E-state index contributed by atoms with van der Waals surface area (Å²) in [6.45, 7) is 1.33. The lowest BCUT2D eigenvalue weighted by Gasteiger charge is -2.23. The Kier molecular flexibility index (Phi) is 4.65. The average molecular weight is 323 g/mol. The van der Waals surface area contributed by atoms with Crippen LogP contribution < -0.4 is 11.1 Å². The Morgan fingerprint density at radius 3 is 3.00 bits per heavy atom. The predicted octanol–water partition coefficient (Wildman–Crippen LogP) is 0.997. The zero-order chi connectivity index (χ0) is 17.1. The SMILES string of the molecule is CNC(=O)[C@@H]1C[C@@H](N)CN1Cc1cccn1-c1cccc(C#N)c1. The summed E-state index contributed by atoms with van der Waals surface area (Å²) in [4.78, 5) is 14.2. The second-order valence-corrected chi connectivity index (χ2v) is 6.09. The molecular formula is C18H21N5O. The van der Waals surface area contributed by atoms with E-state index in [0.29, 0.717) is 25.1 Å². The Balaban J connectivity index is 1.85. The molecule has 24 heavy (non-hydrogen) atoms. The highest BCUT2D eigenvalue weighted by atomic mass is 16.2. The van der Waals surface area contributed by atoms with Gasteiger partial charge in [0.05, 0.1) is 17.7 Å². The molecule has 3 rings (SSSR count). The molecule has 1 aromatic carbocycles. The molecule has 1 aliphatic heterocycles. The van der Waals surface area contributed by atoms with Crippen LogP contribution in [-0.4, -0.2) is 41.1 Å². The van der Waals surface area contributed by atoms with Crippen molar-refractivity contribution >= 4 is 5.91 Å². The predicted molar refractivity (Wildman–Crippen MR) is 91.3 cm³/mol. The molecule has 1 fully saturated rings. The maximum absolute atomic E-state index is 12.1. The summed E-state index contributed by atoms with van der Waals surface area (Å²) in [5.74, 6) is 0.00698. The minimum Gasteiger partial charge on any atom is -0.358 e. The van der Waals surface area contributed by atoms with Crippen LogP contribution in [0.4, 0.5) is 0 Å². The van der Waals surface area contributed by atoms with E-state index in [1.54, 1.807) is 13.1 Å². The lowest BCUT2D eigenvalue weighted by molar-refractivity contribution is -0.125. The Morgan fingerprint density at radius 1 is 1.42 bits per heavy atom. The number of hydrogen-bond acceptors (Lipinski definition) is 4. The normalized spacial score (nSPS) is 20.7. The van der Waals surface area contributed by atoms with Gasteiger partial charge >= 0.3 is 0 Å². The molecule has 6 heteroatoms. The average Bonchev–Trinajstić information content (AvgIpc) is 3.21. The number of carbonyl (C=O) groups excluding carboxylic acids is 1. The molecule has 0 radical (unpaired) electrons. The Bertz CT molecular complexity index is 776. The van der Waals surface area contributed by atoms with Gasteiger partial charge in [0.15, 0.2) is 0 Å². The number of benzene rings is 1. The summed E-state index contributed by atoms with van der Waals surface area (Å²) in [7, 11) is 1.65. The van der Waals surface area contributed by atoms with Crippen LogP contribution >= 0.6 is 0 Å². The Labute approximate surface area is 141 Å². The molecule has 124 valence electrons. The monoisotopic (exact) mass is 323 g/mol. The second-order valence-electron chi connectivity index (χ2n) is 6.09. The lowest BCUT2D eigenvalue weighted by Crippen LogP contribution is -2.41. The third-order valence-corrected chi connectivity index (χ3v) is 4.44. The largest absolute Gasteiger partial charge is 0.358 e. The van der Waals surface area contributed by atoms with E-state index in [1.807, 2.05) is 41.1 Å². The fourth-order valence-electron chi connectivity index (χ4n) is 3.28. The van der Waals surface area contributed by atoms with Gasteiger partial charge in [0, 0.05) is 43.8 Å². The smallest absolute Gasteiger partial charge is 0.237 e. The van der Waals surface area contributed by atoms with Gasteiger partial charge in [0.2, 0.25) is 5.91 Å². The molecule has 0 spiro atoms. The highest BCUT2D eigenvalue weighted by Crippen LogP contribution is 2.22. The summed E-state index contributed by atoms with van der Waals surface area (Å²) in [6.07, 6.45) is 2.64. The van der Waals surface area contributed by atoms with Gasteiger partial charge < -0.3 is 15.6 Å². The first-order valence-electron chi connectivity index (χ1n) is 8.00. The molecule has 1 aromatic heterocycles. The van der Waals surface area contributed by atoms with Gasteiger partial charge in [-0.1, -0.05) is 6.07 Å². The number of amides is 1. The van der Waals surface area contributed by atoms with Crippen molar-refractivity contribution in [2.45, 2.75) is 25.0 Å². The number of likely N-dealkylation sites (N-methyl/N-ethyl adjacent to an activating group) is 1. The Morgan fingerprint density at radius 2 is 2.25 bits per heavy atom. The van der Waals surface area contributed by atoms with E-state index in [1.165, 1.54) is 0 Å².